The van der Waals surface area contributed by atoms with Crippen LogP contribution in [-0.2, 0) is 0 Å². The van der Waals surface area contributed by atoms with Crippen molar-refractivity contribution in [1.82, 2.24) is 0 Å². The van der Waals surface area contributed by atoms with Gasteiger partial charge in [0.05, 0.1) is 5.54 Å². The van der Waals surface area contributed by atoms with E-state index in [0.29, 0.717) is 29.3 Å². The summed E-state index contributed by atoms with van der Waals surface area (Å²) in [6.45, 7) is 9.19. The minimum Gasteiger partial charge on any atom is -0.508 e. The summed E-state index contributed by atoms with van der Waals surface area (Å²) in [5, 5.41) is 20.6. The molecule has 5 nitrogen and oxygen atoms in total. The van der Waals surface area contributed by atoms with Crippen molar-refractivity contribution in [2.45, 2.75) is 198 Å². The molecule has 67 heavy (non-hydrogen) atoms. The Morgan fingerprint density at radius 3 is 1.33 bits per heavy atom. The standard InChI is InChI=1S/C61H82O5Si/c1-5-8-9-10-11-12-13-14-15-16-17-18-19-20-21-46(4)67-64-59-36-26-50(27-37-59)48(7-3)43-55(52-28-38-60(65-67)39-29-52)45-56(53-30-40-61(66-67)41-31-53)44-54(51-24-34-58(63)35-25-51)42-47(6-2)49-22-32-57(62)33-23-49/h22-41,46-48,54-56,62-63H,5-21,42-45H2,1-4H3. The molecule has 0 aromatic heterocycles. The Balaban J connectivity index is 1.15. The Hall–Kier alpha value is -4.68. The third-order valence-electron chi connectivity index (χ3n) is 15.4. The topological polar surface area (TPSA) is 68.2 Å². The fourth-order valence-electron chi connectivity index (χ4n) is 11.2. The molecule has 0 radical (unpaired) electrons. The molecule has 8 aliphatic heterocycles. The molecule has 0 aliphatic carbocycles. The zero-order chi connectivity index (χ0) is 46.9. The fraction of sp³-hybridized carbons (Fsp3) is 0.508. The first-order valence-corrected chi connectivity index (χ1v) is 28.5. The van der Waals surface area contributed by atoms with Gasteiger partial charge < -0.3 is 23.5 Å². The van der Waals surface area contributed by atoms with E-state index in [2.05, 4.69) is 125 Å². The molecule has 0 amide bonds. The molecule has 2 N–H and O–H groups in total. The van der Waals surface area contributed by atoms with Gasteiger partial charge in [0.15, 0.2) is 0 Å². The number of phenolic OH excluding ortho intramolecular Hbond substituents is 2. The molecule has 0 saturated carbocycles. The monoisotopic (exact) mass is 923 g/mol. The zero-order valence-corrected chi connectivity index (χ0v) is 42.5. The van der Waals surface area contributed by atoms with Gasteiger partial charge in [-0.2, -0.15) is 0 Å². The summed E-state index contributed by atoms with van der Waals surface area (Å²) in [7, 11) is -3.48. The predicted molar refractivity (Wildman–Crippen MR) is 280 cm³/mol. The van der Waals surface area contributed by atoms with Crippen molar-refractivity contribution in [2.24, 2.45) is 0 Å². The minimum atomic E-state index is -3.48. The third-order valence-corrected chi connectivity index (χ3v) is 18.5. The van der Waals surface area contributed by atoms with E-state index in [0.717, 1.165) is 68.6 Å². The highest BCUT2D eigenvalue weighted by molar-refractivity contribution is 6.64. The predicted octanol–water partition coefficient (Wildman–Crippen LogP) is 18.1. The van der Waals surface area contributed by atoms with Crippen molar-refractivity contribution < 1.29 is 23.5 Å². The maximum Gasteiger partial charge on any atom is 0.702 e. The Morgan fingerprint density at radius 1 is 0.478 bits per heavy atom. The molecular weight excluding hydrogens is 841 g/mol. The van der Waals surface area contributed by atoms with E-state index in [-0.39, 0.29) is 17.4 Å². The van der Waals surface area contributed by atoms with Gasteiger partial charge in [0, 0.05) is 0 Å². The van der Waals surface area contributed by atoms with Gasteiger partial charge in [0.2, 0.25) is 0 Å². The van der Waals surface area contributed by atoms with Crippen LogP contribution in [0, 0.1) is 0 Å². The summed E-state index contributed by atoms with van der Waals surface area (Å²) in [4.78, 5) is 0. The van der Waals surface area contributed by atoms with Crippen LogP contribution in [0.4, 0.5) is 0 Å². The SMILES string of the molecule is CCCCCCCCCCCCCCCCC(C)[Si]12Oc3ccc(cc3)C(CC)CC(CC(CC(CC(CC)c3ccc(O)cc3)c3ccc(O)cc3)c3ccc(cc3)O1)c1ccc(cc1)O2. The number of hydrogen-bond acceptors (Lipinski definition) is 5. The molecule has 6 heteroatoms. The second-order valence-electron chi connectivity index (χ2n) is 20.3. The van der Waals surface area contributed by atoms with E-state index in [1.54, 1.807) is 0 Å². The van der Waals surface area contributed by atoms with Crippen LogP contribution >= 0.6 is 0 Å². The Labute approximate surface area is 406 Å². The number of rotatable bonds is 24. The largest absolute Gasteiger partial charge is 0.702 e. The van der Waals surface area contributed by atoms with Crippen LogP contribution in [0.5, 0.6) is 28.7 Å². The lowest BCUT2D eigenvalue weighted by molar-refractivity contribution is 0.241. The fourth-order valence-corrected chi connectivity index (χ4v) is 13.8. The summed E-state index contributed by atoms with van der Waals surface area (Å²) < 4.78 is 21.7. The van der Waals surface area contributed by atoms with Crippen LogP contribution in [0.1, 0.15) is 220 Å². The van der Waals surface area contributed by atoms with Gasteiger partial charge in [-0.1, -0.05) is 178 Å². The Morgan fingerprint density at radius 2 is 0.881 bits per heavy atom. The van der Waals surface area contributed by atoms with Crippen molar-refractivity contribution in [3.05, 3.63) is 149 Å². The van der Waals surface area contributed by atoms with Gasteiger partial charge in [-0.05, 0) is 163 Å². The van der Waals surface area contributed by atoms with Crippen LogP contribution in [0.3, 0.4) is 0 Å². The molecule has 5 aromatic carbocycles. The summed E-state index contributed by atoms with van der Waals surface area (Å²) >= 11 is 0. The second-order valence-corrected chi connectivity index (χ2v) is 23.1. The zero-order valence-electron chi connectivity index (χ0n) is 41.5. The number of aromatic hydroxyl groups is 2. The normalized spacial score (nSPS) is 20.3. The molecule has 8 heterocycles. The van der Waals surface area contributed by atoms with Crippen molar-refractivity contribution in [3.8, 4) is 28.7 Å². The molecule has 8 aliphatic rings. The molecule has 7 atom stereocenters. The summed E-state index contributed by atoms with van der Waals surface area (Å²) in [5.41, 5.74) is 6.58. The Kier molecular flexibility index (Phi) is 19.2. The van der Waals surface area contributed by atoms with Crippen LogP contribution in [0.25, 0.3) is 0 Å². The lowest BCUT2D eigenvalue weighted by Crippen LogP contribution is -2.58. The van der Waals surface area contributed by atoms with Crippen molar-refractivity contribution in [2.75, 3.05) is 0 Å². The number of phenols is 2. The lowest BCUT2D eigenvalue weighted by atomic mass is 9.73. The summed E-state index contributed by atoms with van der Waals surface area (Å²) in [5.74, 6) is 4.49. The van der Waals surface area contributed by atoms with E-state index in [9.17, 15) is 10.2 Å². The highest BCUT2D eigenvalue weighted by Gasteiger charge is 2.55. The Bertz CT molecular complexity index is 2150. The van der Waals surface area contributed by atoms with Gasteiger partial charge >= 0.3 is 8.80 Å². The first-order valence-electron chi connectivity index (χ1n) is 26.7. The van der Waals surface area contributed by atoms with Crippen LogP contribution < -0.4 is 13.3 Å². The van der Waals surface area contributed by atoms with E-state index >= 15 is 0 Å². The molecule has 360 valence electrons. The number of unbranched alkanes of at least 4 members (excludes halogenated alkanes) is 13. The van der Waals surface area contributed by atoms with E-state index < -0.39 is 8.80 Å². The highest BCUT2D eigenvalue weighted by atomic mass is 28.4. The first kappa shape index (κ1) is 50.2. The molecule has 0 fully saturated rings. The second kappa shape index (κ2) is 25.6. The molecule has 0 saturated heterocycles. The first-order chi connectivity index (χ1) is 32.7. The van der Waals surface area contributed by atoms with Gasteiger partial charge in [-0.25, -0.2) is 0 Å². The molecule has 7 unspecified atom stereocenters. The minimum absolute atomic E-state index is 0.0553. The van der Waals surface area contributed by atoms with Gasteiger partial charge in [-0.3, -0.25) is 0 Å². The molecular formula is C61H82O5Si. The van der Waals surface area contributed by atoms with Crippen LogP contribution in [-0.4, -0.2) is 19.0 Å². The molecule has 13 rings (SSSR count). The van der Waals surface area contributed by atoms with Gasteiger partial charge in [0.1, 0.15) is 28.7 Å². The van der Waals surface area contributed by atoms with E-state index in [1.807, 2.05) is 24.3 Å². The third kappa shape index (κ3) is 14.4. The maximum atomic E-state index is 10.4. The highest BCUT2D eigenvalue weighted by Crippen LogP contribution is 2.47. The van der Waals surface area contributed by atoms with Crippen molar-refractivity contribution in [3.63, 3.8) is 0 Å². The molecule has 5 aromatic rings. The number of benzene rings is 5. The van der Waals surface area contributed by atoms with Crippen LogP contribution in [0.15, 0.2) is 121 Å². The average Bonchev–Trinajstić information content (AvgIpc) is 3.34. The van der Waals surface area contributed by atoms with Gasteiger partial charge in [-0.15, -0.1) is 0 Å². The smallest absolute Gasteiger partial charge is 0.508 e. The van der Waals surface area contributed by atoms with E-state index in [4.69, 9.17) is 13.3 Å². The summed E-state index contributed by atoms with van der Waals surface area (Å²) in [6.07, 6.45) is 25.8. The lowest BCUT2D eigenvalue weighted by Gasteiger charge is -2.36. The quantitative estimate of drug-likeness (QED) is 0.0477. The molecule has 8 bridgehead atoms. The number of hydrogen-bond donors (Lipinski definition) is 2. The van der Waals surface area contributed by atoms with Crippen molar-refractivity contribution in [1.29, 1.82) is 0 Å². The molecule has 0 spiro atoms. The van der Waals surface area contributed by atoms with Crippen molar-refractivity contribution >= 4 is 8.80 Å². The van der Waals surface area contributed by atoms with Gasteiger partial charge in [0.25, 0.3) is 0 Å². The van der Waals surface area contributed by atoms with Crippen LogP contribution in [0.2, 0.25) is 5.54 Å². The maximum absolute atomic E-state index is 10.4. The summed E-state index contributed by atoms with van der Waals surface area (Å²) in [6, 6.07) is 42.6. The average molecular weight is 923 g/mol. The van der Waals surface area contributed by atoms with E-state index in [1.165, 1.54) is 111 Å².